The second kappa shape index (κ2) is 2.98. The van der Waals surface area contributed by atoms with E-state index in [1.807, 2.05) is 26.0 Å². The first-order valence-corrected chi connectivity index (χ1v) is 6.24. The number of benzene rings is 1. The normalized spacial score (nSPS) is 18.4. The van der Waals surface area contributed by atoms with Gasteiger partial charge in [-0.2, -0.15) is 0 Å². The summed E-state index contributed by atoms with van der Waals surface area (Å²) in [6, 6.07) is 4.04. The molecule has 0 atom stereocenters. The summed E-state index contributed by atoms with van der Waals surface area (Å²) in [5.74, 6) is 0.197. The van der Waals surface area contributed by atoms with Crippen molar-refractivity contribution < 1.29 is 8.42 Å². The van der Waals surface area contributed by atoms with E-state index in [0.717, 1.165) is 16.8 Å². The molecule has 0 radical (unpaired) electrons. The van der Waals surface area contributed by atoms with Crippen LogP contribution in [0.3, 0.4) is 0 Å². The molecule has 1 aromatic rings. The highest BCUT2D eigenvalue weighted by atomic mass is 32.2. The van der Waals surface area contributed by atoms with Gasteiger partial charge < -0.3 is 0 Å². The SMILES string of the molecule is Cc1cc(C)c2c(c1)CCS(=O)(=O)N2. The molecule has 1 aromatic carbocycles. The molecule has 1 aliphatic rings. The molecule has 0 saturated heterocycles. The van der Waals surface area contributed by atoms with Crippen molar-refractivity contribution >= 4 is 15.7 Å². The smallest absolute Gasteiger partial charge is 0.233 e. The van der Waals surface area contributed by atoms with Gasteiger partial charge in [0.1, 0.15) is 0 Å². The summed E-state index contributed by atoms with van der Waals surface area (Å²) >= 11 is 0. The van der Waals surface area contributed by atoms with E-state index in [1.54, 1.807) is 0 Å². The highest BCUT2D eigenvalue weighted by Crippen LogP contribution is 2.27. The zero-order chi connectivity index (χ0) is 10.3. The van der Waals surface area contributed by atoms with Gasteiger partial charge in [0.2, 0.25) is 10.0 Å². The number of anilines is 1. The average molecular weight is 211 g/mol. The van der Waals surface area contributed by atoms with Crippen molar-refractivity contribution in [2.24, 2.45) is 0 Å². The highest BCUT2D eigenvalue weighted by molar-refractivity contribution is 7.92. The fourth-order valence-corrected chi connectivity index (χ4v) is 3.04. The van der Waals surface area contributed by atoms with Gasteiger partial charge in [0, 0.05) is 0 Å². The maximum absolute atomic E-state index is 11.3. The van der Waals surface area contributed by atoms with Crippen molar-refractivity contribution in [3.63, 3.8) is 0 Å². The van der Waals surface area contributed by atoms with Crippen molar-refractivity contribution in [2.75, 3.05) is 10.5 Å². The first-order valence-electron chi connectivity index (χ1n) is 4.58. The lowest BCUT2D eigenvalue weighted by atomic mass is 10.0. The van der Waals surface area contributed by atoms with Gasteiger partial charge in [-0.15, -0.1) is 0 Å². The molecule has 1 N–H and O–H groups in total. The molecule has 0 bridgehead atoms. The molecule has 0 aromatic heterocycles. The first kappa shape index (κ1) is 9.52. The molecule has 1 heterocycles. The number of aryl methyl sites for hydroxylation is 3. The lowest BCUT2D eigenvalue weighted by Gasteiger charge is -2.20. The average Bonchev–Trinajstić information content (AvgIpc) is 2.06. The molecule has 0 unspecified atom stereocenters. The Labute approximate surface area is 84.2 Å². The quantitative estimate of drug-likeness (QED) is 0.708. The zero-order valence-electron chi connectivity index (χ0n) is 8.29. The monoisotopic (exact) mass is 211 g/mol. The largest absolute Gasteiger partial charge is 0.283 e. The molecule has 4 heteroatoms. The number of nitrogens with one attached hydrogen (secondary N) is 1. The first-order chi connectivity index (χ1) is 6.48. The van der Waals surface area contributed by atoms with Gasteiger partial charge in [-0.1, -0.05) is 17.7 Å². The molecular weight excluding hydrogens is 198 g/mol. The topological polar surface area (TPSA) is 46.2 Å². The summed E-state index contributed by atoms with van der Waals surface area (Å²) in [4.78, 5) is 0. The van der Waals surface area contributed by atoms with Crippen LogP contribution in [-0.2, 0) is 16.4 Å². The molecule has 0 aliphatic carbocycles. The number of hydrogen-bond donors (Lipinski definition) is 1. The Morgan fingerprint density at radius 2 is 2.00 bits per heavy atom. The van der Waals surface area contributed by atoms with Crippen LogP contribution in [0.2, 0.25) is 0 Å². The minimum Gasteiger partial charge on any atom is -0.283 e. The number of sulfonamides is 1. The minimum atomic E-state index is -3.08. The molecule has 14 heavy (non-hydrogen) atoms. The van der Waals surface area contributed by atoms with E-state index in [4.69, 9.17) is 0 Å². The Balaban J connectivity index is 2.58. The summed E-state index contributed by atoms with van der Waals surface area (Å²) in [5, 5.41) is 0. The maximum Gasteiger partial charge on any atom is 0.233 e. The molecule has 1 aliphatic heterocycles. The highest BCUT2D eigenvalue weighted by Gasteiger charge is 2.21. The van der Waals surface area contributed by atoms with Crippen molar-refractivity contribution in [1.29, 1.82) is 0 Å². The van der Waals surface area contributed by atoms with E-state index in [9.17, 15) is 8.42 Å². The molecule has 0 amide bonds. The summed E-state index contributed by atoms with van der Waals surface area (Å²) < 4.78 is 25.3. The summed E-state index contributed by atoms with van der Waals surface area (Å²) in [5.41, 5.74) is 4.07. The van der Waals surface area contributed by atoms with Gasteiger partial charge >= 0.3 is 0 Å². The molecule has 2 rings (SSSR count). The molecule has 0 fully saturated rings. The van der Waals surface area contributed by atoms with E-state index in [2.05, 4.69) is 4.72 Å². The number of fused-ring (bicyclic) bond motifs is 1. The van der Waals surface area contributed by atoms with Crippen LogP contribution in [0, 0.1) is 13.8 Å². The van der Waals surface area contributed by atoms with Gasteiger partial charge in [0.05, 0.1) is 11.4 Å². The van der Waals surface area contributed by atoms with Crippen LogP contribution >= 0.6 is 0 Å². The molecule has 0 saturated carbocycles. The second-order valence-corrected chi connectivity index (χ2v) is 5.63. The molecule has 0 spiro atoms. The van der Waals surface area contributed by atoms with E-state index >= 15 is 0 Å². The predicted octanol–water partition coefficient (Wildman–Crippen LogP) is 1.60. The maximum atomic E-state index is 11.3. The standard InChI is InChI=1S/C10H13NO2S/c1-7-5-8(2)10-9(6-7)3-4-14(12,13)11-10/h5-6,11H,3-4H2,1-2H3. The summed E-state index contributed by atoms with van der Waals surface area (Å²) in [6.07, 6.45) is 0.618. The van der Waals surface area contributed by atoms with Crippen LogP contribution in [0.15, 0.2) is 12.1 Å². The van der Waals surface area contributed by atoms with Gasteiger partial charge in [-0.3, -0.25) is 4.72 Å². The third-order valence-electron chi connectivity index (χ3n) is 2.46. The van der Waals surface area contributed by atoms with Crippen LogP contribution in [0.25, 0.3) is 0 Å². The van der Waals surface area contributed by atoms with Crippen LogP contribution < -0.4 is 4.72 Å². The van der Waals surface area contributed by atoms with Crippen LogP contribution in [-0.4, -0.2) is 14.2 Å². The van der Waals surface area contributed by atoms with Crippen LogP contribution in [0.4, 0.5) is 5.69 Å². The Morgan fingerprint density at radius 1 is 1.29 bits per heavy atom. The number of rotatable bonds is 0. The Morgan fingerprint density at radius 3 is 2.71 bits per heavy atom. The van der Waals surface area contributed by atoms with Gasteiger partial charge in [-0.05, 0) is 31.4 Å². The lowest BCUT2D eigenvalue weighted by molar-refractivity contribution is 0.599. The molecule has 3 nitrogen and oxygen atoms in total. The Kier molecular flexibility index (Phi) is 2.03. The van der Waals surface area contributed by atoms with Gasteiger partial charge in [-0.25, -0.2) is 8.42 Å². The fraction of sp³-hybridized carbons (Fsp3) is 0.400. The van der Waals surface area contributed by atoms with E-state index in [1.165, 1.54) is 5.56 Å². The Hall–Kier alpha value is -1.03. The van der Waals surface area contributed by atoms with E-state index in [0.29, 0.717) is 6.42 Å². The number of hydrogen-bond acceptors (Lipinski definition) is 2. The van der Waals surface area contributed by atoms with Crippen molar-refractivity contribution in [2.45, 2.75) is 20.3 Å². The second-order valence-electron chi connectivity index (χ2n) is 3.79. The third kappa shape index (κ3) is 1.62. The lowest BCUT2D eigenvalue weighted by Crippen LogP contribution is -2.24. The van der Waals surface area contributed by atoms with Crippen LogP contribution in [0.5, 0.6) is 0 Å². The van der Waals surface area contributed by atoms with E-state index in [-0.39, 0.29) is 5.75 Å². The molecule has 76 valence electrons. The molecular formula is C10H13NO2S. The van der Waals surface area contributed by atoms with Crippen molar-refractivity contribution in [3.8, 4) is 0 Å². The van der Waals surface area contributed by atoms with Gasteiger partial charge in [0.25, 0.3) is 0 Å². The summed E-state index contributed by atoms with van der Waals surface area (Å²) in [7, 11) is -3.08. The summed E-state index contributed by atoms with van der Waals surface area (Å²) in [6.45, 7) is 3.95. The zero-order valence-corrected chi connectivity index (χ0v) is 9.11. The predicted molar refractivity (Wildman–Crippen MR) is 57.0 cm³/mol. The van der Waals surface area contributed by atoms with E-state index < -0.39 is 10.0 Å². The third-order valence-corrected chi connectivity index (χ3v) is 3.72. The van der Waals surface area contributed by atoms with Crippen LogP contribution in [0.1, 0.15) is 16.7 Å². The Bertz CT molecular complexity index is 477. The van der Waals surface area contributed by atoms with Crippen molar-refractivity contribution in [1.82, 2.24) is 0 Å². The van der Waals surface area contributed by atoms with Gasteiger partial charge in [0.15, 0.2) is 0 Å². The minimum absolute atomic E-state index is 0.197. The fourth-order valence-electron chi connectivity index (χ4n) is 1.85. The van der Waals surface area contributed by atoms with Crippen molar-refractivity contribution in [3.05, 3.63) is 28.8 Å².